The number of hydrazine groups is 1. The van der Waals surface area contributed by atoms with Gasteiger partial charge in [0.1, 0.15) is 0 Å². The number of nitrogens with one attached hydrogen (secondary N) is 2. The minimum atomic E-state index is -0.117. The first kappa shape index (κ1) is 28.4. The third-order valence-electron chi connectivity index (χ3n) is 7.53. The summed E-state index contributed by atoms with van der Waals surface area (Å²) in [6.45, 7) is 4.81. The Bertz CT molecular complexity index is 1350. The molecule has 0 spiro atoms. The zero-order valence-electron chi connectivity index (χ0n) is 23.7. The van der Waals surface area contributed by atoms with Crippen LogP contribution in [-0.2, 0) is 26.2 Å². The molecule has 0 bridgehead atoms. The fourth-order valence-electron chi connectivity index (χ4n) is 5.30. The Morgan fingerprint density at radius 1 is 0.805 bits per heavy atom. The van der Waals surface area contributed by atoms with Crippen molar-refractivity contribution in [1.29, 1.82) is 0 Å². The van der Waals surface area contributed by atoms with Crippen LogP contribution in [-0.4, -0.2) is 57.1 Å². The van der Waals surface area contributed by atoms with E-state index in [1.54, 1.807) is 5.01 Å². The van der Waals surface area contributed by atoms with Gasteiger partial charge in [-0.15, -0.1) is 0 Å². The van der Waals surface area contributed by atoms with Gasteiger partial charge in [0.2, 0.25) is 0 Å². The Labute approximate surface area is 243 Å². The van der Waals surface area contributed by atoms with Crippen LogP contribution in [0, 0.1) is 0 Å². The first-order valence-corrected chi connectivity index (χ1v) is 14.3. The van der Waals surface area contributed by atoms with Crippen molar-refractivity contribution in [2.24, 2.45) is 0 Å². The summed E-state index contributed by atoms with van der Waals surface area (Å²) < 4.78 is 0. The number of para-hydroxylation sites is 1. The number of aromatic nitrogens is 2. The average Bonchev–Trinajstić information content (AvgIpc) is 3.02. The van der Waals surface area contributed by atoms with E-state index >= 15 is 0 Å². The summed E-state index contributed by atoms with van der Waals surface area (Å²) in [5.41, 5.74) is 5.47. The summed E-state index contributed by atoms with van der Waals surface area (Å²) in [5.74, 6) is 0. The maximum absolute atomic E-state index is 12.8. The third kappa shape index (κ3) is 8.44. The van der Waals surface area contributed by atoms with Crippen LogP contribution in [0.1, 0.15) is 35.4 Å². The predicted octanol–water partition coefficient (Wildman–Crippen LogP) is 5.31. The standard InChI is InChI=1S/C33H39N7O/c1-38(33(41)37-29-12-3-2-4-13-29)40-20-16-32(17-21-40)39(26-31-15-6-8-19-36-31)25-28-11-9-10-27(22-28)23-34-24-30-14-5-7-18-35-30/h2-15,18-19,22,32,34H,16-17,20-21,23-26H2,1H3,(H,37,41). The molecule has 2 aromatic carbocycles. The highest BCUT2D eigenvalue weighted by molar-refractivity contribution is 5.88. The topological polar surface area (TPSA) is 76.6 Å². The lowest BCUT2D eigenvalue weighted by Crippen LogP contribution is -2.52. The van der Waals surface area contributed by atoms with Gasteiger partial charge >= 0.3 is 6.03 Å². The minimum absolute atomic E-state index is 0.117. The molecular weight excluding hydrogens is 510 g/mol. The number of nitrogens with zero attached hydrogens (tertiary/aromatic N) is 5. The van der Waals surface area contributed by atoms with Crippen LogP contribution in [0.2, 0.25) is 0 Å². The normalized spacial score (nSPS) is 14.2. The number of piperidine rings is 1. The zero-order chi connectivity index (χ0) is 28.3. The van der Waals surface area contributed by atoms with Crippen LogP contribution in [0.4, 0.5) is 10.5 Å². The summed E-state index contributed by atoms with van der Waals surface area (Å²) in [6.07, 6.45) is 5.64. The molecule has 1 aliphatic rings. The van der Waals surface area contributed by atoms with E-state index in [1.807, 2.05) is 74.0 Å². The van der Waals surface area contributed by atoms with E-state index < -0.39 is 0 Å². The minimum Gasteiger partial charge on any atom is -0.307 e. The summed E-state index contributed by atoms with van der Waals surface area (Å²) >= 11 is 0. The lowest BCUT2D eigenvalue weighted by molar-refractivity contribution is -0.00583. The molecular formula is C33H39N7O. The molecule has 3 heterocycles. The second-order valence-electron chi connectivity index (χ2n) is 10.5. The molecule has 0 aliphatic carbocycles. The van der Waals surface area contributed by atoms with Crippen LogP contribution >= 0.6 is 0 Å². The summed E-state index contributed by atoms with van der Waals surface area (Å²) in [7, 11) is 1.84. The Morgan fingerprint density at radius 3 is 2.20 bits per heavy atom. The maximum Gasteiger partial charge on any atom is 0.336 e. The third-order valence-corrected chi connectivity index (χ3v) is 7.53. The van der Waals surface area contributed by atoms with Gasteiger partial charge < -0.3 is 10.6 Å². The lowest BCUT2D eigenvalue weighted by Gasteiger charge is -2.41. The predicted molar refractivity (Wildman–Crippen MR) is 163 cm³/mol. The molecule has 1 fully saturated rings. The van der Waals surface area contributed by atoms with Gasteiger partial charge in [-0.05, 0) is 60.4 Å². The number of carbonyl (C=O) groups excluding carboxylic acids is 1. The molecule has 41 heavy (non-hydrogen) atoms. The van der Waals surface area contributed by atoms with Crippen LogP contribution < -0.4 is 10.6 Å². The van der Waals surface area contributed by atoms with Crippen molar-refractivity contribution in [3.8, 4) is 0 Å². The smallest absolute Gasteiger partial charge is 0.307 e. The molecule has 2 aromatic heterocycles. The van der Waals surface area contributed by atoms with E-state index in [4.69, 9.17) is 0 Å². The van der Waals surface area contributed by atoms with Crippen molar-refractivity contribution in [1.82, 2.24) is 30.2 Å². The average molecular weight is 550 g/mol. The summed E-state index contributed by atoms with van der Waals surface area (Å²) in [5, 5.41) is 10.4. The molecule has 4 aromatic rings. The van der Waals surface area contributed by atoms with Gasteiger partial charge in [0.25, 0.3) is 0 Å². The van der Waals surface area contributed by atoms with Crippen molar-refractivity contribution in [2.45, 2.75) is 45.1 Å². The summed E-state index contributed by atoms with van der Waals surface area (Å²) in [4.78, 5) is 24.4. The second kappa shape index (κ2) is 14.5. The largest absolute Gasteiger partial charge is 0.336 e. The molecule has 0 unspecified atom stereocenters. The first-order chi connectivity index (χ1) is 20.1. The molecule has 212 valence electrons. The fourth-order valence-corrected chi connectivity index (χ4v) is 5.30. The van der Waals surface area contributed by atoms with Gasteiger partial charge in [-0.2, -0.15) is 0 Å². The van der Waals surface area contributed by atoms with Gasteiger partial charge in [0.15, 0.2) is 0 Å². The number of urea groups is 1. The molecule has 2 amide bonds. The van der Waals surface area contributed by atoms with E-state index in [2.05, 4.69) is 66.9 Å². The first-order valence-electron chi connectivity index (χ1n) is 14.3. The molecule has 0 saturated carbocycles. The van der Waals surface area contributed by atoms with Crippen molar-refractivity contribution in [2.75, 3.05) is 25.5 Å². The van der Waals surface area contributed by atoms with Crippen molar-refractivity contribution >= 4 is 11.7 Å². The van der Waals surface area contributed by atoms with Crippen LogP contribution in [0.5, 0.6) is 0 Å². The molecule has 8 heteroatoms. The number of rotatable bonds is 11. The van der Waals surface area contributed by atoms with E-state index in [9.17, 15) is 4.79 Å². The monoisotopic (exact) mass is 549 g/mol. The highest BCUT2D eigenvalue weighted by Crippen LogP contribution is 2.23. The molecule has 1 saturated heterocycles. The number of amides is 2. The van der Waals surface area contributed by atoms with Crippen molar-refractivity contribution in [3.05, 3.63) is 126 Å². The molecule has 8 nitrogen and oxygen atoms in total. The number of pyridine rings is 2. The van der Waals surface area contributed by atoms with Gasteiger partial charge in [-0.3, -0.25) is 19.9 Å². The van der Waals surface area contributed by atoms with Gasteiger partial charge in [-0.1, -0.05) is 54.6 Å². The van der Waals surface area contributed by atoms with Crippen molar-refractivity contribution < 1.29 is 4.79 Å². The fraction of sp³-hybridized carbons (Fsp3) is 0.303. The molecule has 0 radical (unpaired) electrons. The number of hydrogen-bond acceptors (Lipinski definition) is 6. The zero-order valence-corrected chi connectivity index (χ0v) is 23.7. The van der Waals surface area contributed by atoms with Crippen LogP contribution in [0.15, 0.2) is 103 Å². The highest BCUT2D eigenvalue weighted by Gasteiger charge is 2.28. The number of hydrogen-bond donors (Lipinski definition) is 2. The second-order valence-corrected chi connectivity index (χ2v) is 10.5. The molecule has 1 aliphatic heterocycles. The SMILES string of the molecule is CN(C(=O)Nc1ccccc1)N1CCC(N(Cc2cccc(CNCc3ccccn3)c2)Cc2ccccn2)CC1. The Balaban J connectivity index is 1.20. The van der Waals surface area contributed by atoms with E-state index in [0.29, 0.717) is 6.04 Å². The van der Waals surface area contributed by atoms with Crippen LogP contribution in [0.3, 0.4) is 0 Å². The van der Waals surface area contributed by atoms with Crippen molar-refractivity contribution in [3.63, 3.8) is 0 Å². The lowest BCUT2D eigenvalue weighted by atomic mass is 10.0. The molecule has 5 rings (SSSR count). The van der Waals surface area contributed by atoms with E-state index in [1.165, 1.54) is 11.1 Å². The van der Waals surface area contributed by atoms with Gasteiger partial charge in [-0.25, -0.2) is 9.80 Å². The Kier molecular flexibility index (Phi) is 10.1. The van der Waals surface area contributed by atoms with Crippen LogP contribution in [0.25, 0.3) is 0 Å². The molecule has 2 N–H and O–H groups in total. The van der Waals surface area contributed by atoms with Gasteiger partial charge in [0.05, 0.1) is 11.4 Å². The number of anilines is 1. The maximum atomic E-state index is 12.8. The quantitative estimate of drug-likeness (QED) is 0.264. The summed E-state index contributed by atoms with van der Waals surface area (Å²) in [6, 6.07) is 30.8. The highest BCUT2D eigenvalue weighted by atomic mass is 16.2. The Hall–Kier alpha value is -4.11. The number of benzene rings is 2. The van der Waals surface area contributed by atoms with Gasteiger partial charge in [0, 0.05) is 70.4 Å². The van der Waals surface area contributed by atoms with E-state index in [-0.39, 0.29) is 6.03 Å². The van der Waals surface area contributed by atoms with E-state index in [0.717, 1.165) is 69.2 Å². The number of carbonyl (C=O) groups is 1. The Morgan fingerprint density at radius 2 is 1.49 bits per heavy atom. The molecule has 0 atom stereocenters.